The molecule has 5 atom stereocenters. The van der Waals surface area contributed by atoms with Crippen molar-refractivity contribution in [3.05, 3.63) is 59.9 Å². The third kappa shape index (κ3) is 4.52. The van der Waals surface area contributed by atoms with E-state index in [0.717, 1.165) is 12.1 Å². The van der Waals surface area contributed by atoms with Gasteiger partial charge in [-0.2, -0.15) is 0 Å². The molecule has 2 aromatic rings. The molecule has 166 valence electrons. The molecule has 0 radical (unpaired) electrons. The fourth-order valence-electron chi connectivity index (χ4n) is 4.92. The lowest BCUT2D eigenvalue weighted by Crippen LogP contribution is -2.60. The molecule has 1 saturated carbocycles. The zero-order valence-corrected chi connectivity index (χ0v) is 18.2. The predicted molar refractivity (Wildman–Crippen MR) is 118 cm³/mol. The largest absolute Gasteiger partial charge is 0.489 e. The number of carbonyl (C=O) groups is 1. The second-order valence-corrected chi connectivity index (χ2v) is 8.81. The van der Waals surface area contributed by atoms with Crippen molar-refractivity contribution in [2.45, 2.75) is 43.0 Å². The molecule has 0 bridgehead atoms. The number of halogens is 1. The average molecular weight is 428 g/mol. The Bertz CT molecular complexity index is 924. The fourth-order valence-corrected chi connectivity index (χ4v) is 4.92. The molecule has 6 nitrogen and oxygen atoms in total. The van der Waals surface area contributed by atoms with Gasteiger partial charge in [0.05, 0.1) is 0 Å². The number of likely N-dealkylation sites (N-methyl/N-ethyl adjacent to an activating group) is 2. The van der Waals surface area contributed by atoms with Crippen molar-refractivity contribution in [3.63, 3.8) is 0 Å². The molecule has 0 unspecified atom stereocenters. The summed E-state index contributed by atoms with van der Waals surface area (Å²) in [5.41, 5.74) is 2.09. The Morgan fingerprint density at radius 2 is 1.87 bits per heavy atom. The molecule has 4 rings (SSSR count). The number of benzene rings is 2. The van der Waals surface area contributed by atoms with E-state index in [1.54, 1.807) is 0 Å². The molecular weight excluding hydrogens is 397 g/mol. The first kappa shape index (κ1) is 21.6. The molecule has 0 aromatic heterocycles. The van der Waals surface area contributed by atoms with Crippen molar-refractivity contribution in [1.82, 2.24) is 10.2 Å². The zero-order chi connectivity index (χ0) is 22.1. The Balaban J connectivity index is 1.48. The lowest BCUT2D eigenvalue weighted by molar-refractivity contribution is -0.139. The van der Waals surface area contributed by atoms with E-state index >= 15 is 0 Å². The Labute approximate surface area is 182 Å². The molecular formula is C24H30FN3O3. The van der Waals surface area contributed by atoms with Gasteiger partial charge in [-0.25, -0.2) is 4.39 Å². The summed E-state index contributed by atoms with van der Waals surface area (Å²) in [6.07, 6.45) is 1.06. The quantitative estimate of drug-likeness (QED) is 0.708. The molecule has 2 fully saturated rings. The van der Waals surface area contributed by atoms with Crippen LogP contribution in [-0.2, 0) is 4.79 Å². The van der Waals surface area contributed by atoms with Crippen molar-refractivity contribution < 1.29 is 19.0 Å². The van der Waals surface area contributed by atoms with E-state index in [2.05, 4.69) is 53.5 Å². The lowest BCUT2D eigenvalue weighted by Gasteiger charge is -2.52. The Morgan fingerprint density at radius 1 is 1.13 bits per heavy atom. The first-order chi connectivity index (χ1) is 14.8. The van der Waals surface area contributed by atoms with Crippen LogP contribution < -0.4 is 15.0 Å². The van der Waals surface area contributed by atoms with Gasteiger partial charge in [-0.3, -0.25) is 4.79 Å². The number of anilines is 1. The summed E-state index contributed by atoms with van der Waals surface area (Å²) in [5, 5.41) is 12.1. The molecule has 31 heavy (non-hydrogen) atoms. The lowest BCUT2D eigenvalue weighted by atomic mass is 9.69. The van der Waals surface area contributed by atoms with Crippen molar-refractivity contribution >= 4 is 11.7 Å². The van der Waals surface area contributed by atoms with E-state index in [1.807, 2.05) is 19.2 Å². The SMILES string of the molecule is CN(C)[C@@H]1[C@@H](c2ccccc2)C[C@@H]1N(C)c1cc(F)cc(O[C@@H]2CN[C@H](C(=O)O)C2)c1. The number of ether oxygens (including phenoxy) is 1. The van der Waals surface area contributed by atoms with Gasteiger partial charge in [-0.05, 0) is 32.1 Å². The monoisotopic (exact) mass is 427 g/mol. The third-order valence-electron chi connectivity index (χ3n) is 6.58. The highest BCUT2D eigenvalue weighted by molar-refractivity contribution is 5.74. The number of hydrogen-bond acceptors (Lipinski definition) is 5. The zero-order valence-electron chi connectivity index (χ0n) is 18.2. The van der Waals surface area contributed by atoms with Crippen LogP contribution in [0.25, 0.3) is 0 Å². The standard InChI is InChI=1S/C24H30FN3O3/c1-27(2)23-20(15-7-5-4-6-8-15)13-22(23)28(3)17-9-16(25)10-18(11-17)31-19-12-21(24(29)30)26-14-19/h4-11,19-23,26H,12-14H2,1-3H3,(H,29,30)/t19-,20+,21-,22-,23+/m0/s1. The second-order valence-electron chi connectivity index (χ2n) is 8.81. The van der Waals surface area contributed by atoms with Crippen LogP contribution in [0.5, 0.6) is 5.75 Å². The highest BCUT2D eigenvalue weighted by atomic mass is 19.1. The number of nitrogens with one attached hydrogen (secondary N) is 1. The van der Waals surface area contributed by atoms with Crippen LogP contribution in [0.4, 0.5) is 10.1 Å². The Hall–Kier alpha value is -2.64. The number of hydrogen-bond donors (Lipinski definition) is 2. The predicted octanol–water partition coefficient (Wildman–Crippen LogP) is 2.94. The highest BCUT2D eigenvalue weighted by Gasteiger charge is 2.45. The maximum atomic E-state index is 14.4. The summed E-state index contributed by atoms with van der Waals surface area (Å²) in [4.78, 5) is 15.5. The molecule has 0 spiro atoms. The summed E-state index contributed by atoms with van der Waals surface area (Å²) in [6, 6.07) is 15.2. The number of carboxylic acids is 1. The number of nitrogens with zero attached hydrogens (tertiary/aromatic N) is 2. The van der Waals surface area contributed by atoms with Gasteiger partial charge in [0.1, 0.15) is 23.7 Å². The van der Waals surface area contributed by atoms with Gasteiger partial charge >= 0.3 is 5.97 Å². The molecule has 7 heteroatoms. The van der Waals surface area contributed by atoms with Gasteiger partial charge in [0.2, 0.25) is 0 Å². The van der Waals surface area contributed by atoms with Gasteiger partial charge < -0.3 is 25.0 Å². The topological polar surface area (TPSA) is 65.0 Å². The Morgan fingerprint density at radius 3 is 2.52 bits per heavy atom. The minimum absolute atomic E-state index is 0.249. The molecule has 0 amide bonds. The summed E-state index contributed by atoms with van der Waals surface area (Å²) in [5.74, 6) is -0.385. The molecule has 1 aliphatic carbocycles. The van der Waals surface area contributed by atoms with Crippen molar-refractivity contribution in [3.8, 4) is 5.75 Å². The van der Waals surface area contributed by atoms with Crippen LogP contribution >= 0.6 is 0 Å². The molecule has 1 heterocycles. The summed E-state index contributed by atoms with van der Waals surface area (Å²) in [6.45, 7) is 0.433. The number of rotatable bonds is 7. The number of carboxylic acid groups (broad SMARTS) is 1. The van der Waals surface area contributed by atoms with Gasteiger partial charge in [-0.15, -0.1) is 0 Å². The molecule has 1 saturated heterocycles. The maximum Gasteiger partial charge on any atom is 0.320 e. The summed E-state index contributed by atoms with van der Waals surface area (Å²) in [7, 11) is 6.18. The first-order valence-electron chi connectivity index (χ1n) is 10.7. The first-order valence-corrected chi connectivity index (χ1v) is 10.7. The highest BCUT2D eigenvalue weighted by Crippen LogP contribution is 2.43. The summed E-state index contributed by atoms with van der Waals surface area (Å²) >= 11 is 0. The fraction of sp³-hybridized carbons (Fsp3) is 0.458. The van der Waals surface area contributed by atoms with Crippen LogP contribution in [0.3, 0.4) is 0 Å². The molecule has 2 N–H and O–H groups in total. The average Bonchev–Trinajstić information content (AvgIpc) is 3.16. The maximum absolute atomic E-state index is 14.4. The van der Waals surface area contributed by atoms with Crippen LogP contribution in [0.2, 0.25) is 0 Å². The van der Waals surface area contributed by atoms with Gasteiger partial charge in [0.15, 0.2) is 0 Å². The Kier molecular flexibility index (Phi) is 6.16. The minimum Gasteiger partial charge on any atom is -0.489 e. The van der Waals surface area contributed by atoms with E-state index in [9.17, 15) is 9.18 Å². The van der Waals surface area contributed by atoms with E-state index in [1.165, 1.54) is 17.7 Å². The smallest absolute Gasteiger partial charge is 0.320 e. The third-order valence-corrected chi connectivity index (χ3v) is 6.58. The molecule has 1 aliphatic heterocycles. The normalized spacial score (nSPS) is 27.7. The van der Waals surface area contributed by atoms with E-state index in [0.29, 0.717) is 30.7 Å². The summed E-state index contributed by atoms with van der Waals surface area (Å²) < 4.78 is 20.3. The van der Waals surface area contributed by atoms with Crippen LogP contribution in [0.1, 0.15) is 24.3 Å². The van der Waals surface area contributed by atoms with Gasteiger partial charge in [0.25, 0.3) is 0 Å². The van der Waals surface area contributed by atoms with Crippen molar-refractivity contribution in [1.29, 1.82) is 0 Å². The molecule has 2 aliphatic rings. The number of aliphatic carboxylic acids is 1. The van der Waals surface area contributed by atoms with Gasteiger partial charge in [0, 0.05) is 55.8 Å². The molecule has 2 aromatic carbocycles. The van der Waals surface area contributed by atoms with Crippen LogP contribution in [0.15, 0.2) is 48.5 Å². The minimum atomic E-state index is -0.890. The second kappa shape index (κ2) is 8.85. The van der Waals surface area contributed by atoms with E-state index in [4.69, 9.17) is 9.84 Å². The van der Waals surface area contributed by atoms with Crippen molar-refractivity contribution in [2.75, 3.05) is 32.6 Å². The van der Waals surface area contributed by atoms with Crippen molar-refractivity contribution in [2.24, 2.45) is 0 Å². The van der Waals surface area contributed by atoms with Crippen LogP contribution in [-0.4, -0.2) is 67.9 Å². The van der Waals surface area contributed by atoms with E-state index in [-0.39, 0.29) is 18.0 Å². The van der Waals surface area contributed by atoms with E-state index < -0.39 is 12.0 Å². The van der Waals surface area contributed by atoms with Gasteiger partial charge in [-0.1, -0.05) is 30.3 Å². The van der Waals surface area contributed by atoms with Crippen LogP contribution in [0, 0.1) is 5.82 Å².